The Labute approximate surface area is 170 Å². The summed E-state index contributed by atoms with van der Waals surface area (Å²) >= 11 is 6.00. The topological polar surface area (TPSA) is 46.6 Å². The third kappa shape index (κ3) is 3.66. The van der Waals surface area contributed by atoms with Gasteiger partial charge in [-0.15, -0.1) is 0 Å². The van der Waals surface area contributed by atoms with Gasteiger partial charge >= 0.3 is 5.97 Å². The van der Waals surface area contributed by atoms with E-state index in [-0.39, 0.29) is 18.5 Å². The molecule has 0 N–H and O–H groups in total. The average Bonchev–Trinajstić information content (AvgIpc) is 3.23. The Balaban J connectivity index is 1.41. The maximum atomic E-state index is 13.0. The van der Waals surface area contributed by atoms with Crippen molar-refractivity contribution in [1.29, 1.82) is 0 Å². The van der Waals surface area contributed by atoms with Gasteiger partial charge in [-0.3, -0.25) is 9.59 Å². The van der Waals surface area contributed by atoms with Gasteiger partial charge < -0.3 is 9.64 Å². The standard InChI is InChI=1S/C23H24ClNO3/c24-20-9-7-19(8-10-20)23(12-3-4-13-23)22(27)28-16-21(26)25-14-11-17-5-1-2-6-18(17)15-25/h1-2,5-10H,3-4,11-16H2. The van der Waals surface area contributed by atoms with Crippen LogP contribution in [0, 0.1) is 0 Å². The minimum atomic E-state index is -0.653. The van der Waals surface area contributed by atoms with Crippen molar-refractivity contribution < 1.29 is 14.3 Å². The van der Waals surface area contributed by atoms with Gasteiger partial charge in [0, 0.05) is 18.1 Å². The predicted octanol–water partition coefficient (Wildman–Crippen LogP) is 4.28. The largest absolute Gasteiger partial charge is 0.455 e. The Kier molecular flexibility index (Phi) is 5.40. The molecule has 0 saturated heterocycles. The van der Waals surface area contributed by atoms with E-state index < -0.39 is 5.41 Å². The van der Waals surface area contributed by atoms with Gasteiger partial charge in [-0.05, 0) is 48.1 Å². The number of amides is 1. The summed E-state index contributed by atoms with van der Waals surface area (Å²) in [5, 5.41) is 0.644. The number of hydrogen-bond acceptors (Lipinski definition) is 3. The highest BCUT2D eigenvalue weighted by atomic mass is 35.5. The van der Waals surface area contributed by atoms with Crippen LogP contribution < -0.4 is 0 Å². The summed E-state index contributed by atoms with van der Waals surface area (Å²) in [5.74, 6) is -0.426. The molecule has 4 nitrogen and oxygen atoms in total. The fraction of sp³-hybridized carbons (Fsp3) is 0.391. The molecule has 2 aromatic carbocycles. The van der Waals surface area contributed by atoms with Gasteiger partial charge in [0.15, 0.2) is 6.61 Å². The summed E-state index contributed by atoms with van der Waals surface area (Å²) in [6, 6.07) is 15.6. The van der Waals surface area contributed by atoms with Crippen LogP contribution in [0.1, 0.15) is 42.4 Å². The number of carbonyl (C=O) groups excluding carboxylic acids is 2. The first-order chi connectivity index (χ1) is 13.6. The van der Waals surface area contributed by atoms with E-state index in [0.29, 0.717) is 18.1 Å². The Morgan fingerprint density at radius 1 is 1.00 bits per heavy atom. The summed E-state index contributed by atoms with van der Waals surface area (Å²) in [5.41, 5.74) is 2.73. The molecule has 1 aliphatic heterocycles. The SMILES string of the molecule is O=C(COC(=O)C1(c2ccc(Cl)cc2)CCCC1)N1CCc2ccccc2C1. The van der Waals surface area contributed by atoms with E-state index in [4.69, 9.17) is 16.3 Å². The number of carbonyl (C=O) groups is 2. The third-order valence-electron chi connectivity index (χ3n) is 6.05. The van der Waals surface area contributed by atoms with Crippen molar-refractivity contribution in [3.05, 3.63) is 70.2 Å². The molecule has 28 heavy (non-hydrogen) atoms. The van der Waals surface area contributed by atoms with Crippen molar-refractivity contribution in [3.8, 4) is 0 Å². The van der Waals surface area contributed by atoms with Gasteiger partial charge in [-0.2, -0.15) is 0 Å². The molecule has 0 aromatic heterocycles. The lowest BCUT2D eigenvalue weighted by Gasteiger charge is -2.30. The van der Waals surface area contributed by atoms with E-state index in [9.17, 15) is 9.59 Å². The molecule has 1 aliphatic carbocycles. The first-order valence-corrected chi connectivity index (χ1v) is 10.2. The van der Waals surface area contributed by atoms with Crippen LogP contribution in [0.15, 0.2) is 48.5 Å². The van der Waals surface area contributed by atoms with Crippen LogP contribution >= 0.6 is 11.6 Å². The van der Waals surface area contributed by atoms with E-state index in [0.717, 1.165) is 37.7 Å². The molecule has 0 atom stereocenters. The van der Waals surface area contributed by atoms with Crippen LogP contribution in [0.4, 0.5) is 0 Å². The van der Waals surface area contributed by atoms with Crippen LogP contribution in [-0.4, -0.2) is 29.9 Å². The number of ether oxygens (including phenoxy) is 1. The average molecular weight is 398 g/mol. The molecule has 2 aromatic rings. The number of fused-ring (bicyclic) bond motifs is 1. The van der Waals surface area contributed by atoms with Crippen LogP contribution in [-0.2, 0) is 32.7 Å². The van der Waals surface area contributed by atoms with E-state index in [1.165, 1.54) is 11.1 Å². The fourth-order valence-corrected chi connectivity index (χ4v) is 4.55. The normalized spacial score (nSPS) is 17.8. The smallest absolute Gasteiger partial charge is 0.317 e. The molecule has 1 fully saturated rings. The maximum absolute atomic E-state index is 13.0. The van der Waals surface area contributed by atoms with Gasteiger partial charge in [0.2, 0.25) is 0 Å². The van der Waals surface area contributed by atoms with Crippen LogP contribution in [0.25, 0.3) is 0 Å². The van der Waals surface area contributed by atoms with Gasteiger partial charge in [0.25, 0.3) is 5.91 Å². The second-order valence-corrected chi connectivity index (χ2v) is 8.14. The monoisotopic (exact) mass is 397 g/mol. The zero-order valence-electron chi connectivity index (χ0n) is 15.8. The molecule has 1 saturated carbocycles. The Hall–Kier alpha value is -2.33. The Morgan fingerprint density at radius 3 is 2.39 bits per heavy atom. The number of benzene rings is 2. The van der Waals surface area contributed by atoms with E-state index in [2.05, 4.69) is 12.1 Å². The van der Waals surface area contributed by atoms with Crippen molar-refractivity contribution >= 4 is 23.5 Å². The van der Waals surface area contributed by atoms with Gasteiger partial charge in [-0.25, -0.2) is 0 Å². The van der Waals surface area contributed by atoms with E-state index >= 15 is 0 Å². The molecule has 2 aliphatic rings. The molecule has 0 spiro atoms. The van der Waals surface area contributed by atoms with Crippen molar-refractivity contribution in [2.24, 2.45) is 0 Å². The minimum absolute atomic E-state index is 0.132. The molecule has 0 radical (unpaired) electrons. The zero-order valence-corrected chi connectivity index (χ0v) is 16.6. The van der Waals surface area contributed by atoms with Crippen molar-refractivity contribution in [1.82, 2.24) is 4.90 Å². The molecular weight excluding hydrogens is 374 g/mol. The number of hydrogen-bond donors (Lipinski definition) is 0. The van der Waals surface area contributed by atoms with Crippen molar-refractivity contribution in [3.63, 3.8) is 0 Å². The molecule has 1 amide bonds. The Bertz CT molecular complexity index is 872. The van der Waals surface area contributed by atoms with E-state index in [1.54, 1.807) is 17.0 Å². The van der Waals surface area contributed by atoms with Crippen LogP contribution in [0.3, 0.4) is 0 Å². The first-order valence-electron chi connectivity index (χ1n) is 9.86. The number of rotatable bonds is 4. The molecule has 146 valence electrons. The highest BCUT2D eigenvalue weighted by molar-refractivity contribution is 6.30. The summed E-state index contributed by atoms with van der Waals surface area (Å²) in [6.45, 7) is 1.04. The number of nitrogens with zero attached hydrogens (tertiary/aromatic N) is 1. The summed E-state index contributed by atoms with van der Waals surface area (Å²) in [6.07, 6.45) is 4.30. The van der Waals surface area contributed by atoms with Crippen molar-refractivity contribution in [2.75, 3.05) is 13.2 Å². The minimum Gasteiger partial charge on any atom is -0.455 e. The molecule has 0 unspecified atom stereocenters. The van der Waals surface area contributed by atoms with Crippen LogP contribution in [0.2, 0.25) is 5.02 Å². The Morgan fingerprint density at radius 2 is 1.68 bits per heavy atom. The molecule has 4 rings (SSSR count). The van der Waals surface area contributed by atoms with Gasteiger partial charge in [0.05, 0.1) is 5.41 Å². The predicted molar refractivity (Wildman–Crippen MR) is 108 cm³/mol. The molecule has 0 bridgehead atoms. The van der Waals surface area contributed by atoms with Gasteiger partial charge in [-0.1, -0.05) is 60.8 Å². The lowest BCUT2D eigenvalue weighted by Crippen LogP contribution is -2.41. The molecule has 5 heteroatoms. The second kappa shape index (κ2) is 7.96. The summed E-state index contributed by atoms with van der Waals surface area (Å²) < 4.78 is 5.55. The quantitative estimate of drug-likeness (QED) is 0.723. The lowest BCUT2D eigenvalue weighted by atomic mass is 9.79. The summed E-state index contributed by atoms with van der Waals surface area (Å²) in [7, 11) is 0. The third-order valence-corrected chi connectivity index (χ3v) is 6.31. The number of halogens is 1. The first kappa shape index (κ1) is 19.0. The zero-order chi connectivity index (χ0) is 19.6. The molecular formula is C23H24ClNO3. The second-order valence-electron chi connectivity index (χ2n) is 7.71. The lowest BCUT2D eigenvalue weighted by molar-refractivity contribution is -0.157. The number of esters is 1. The van der Waals surface area contributed by atoms with E-state index in [1.807, 2.05) is 24.3 Å². The van der Waals surface area contributed by atoms with Gasteiger partial charge in [0.1, 0.15) is 0 Å². The fourth-order valence-electron chi connectivity index (χ4n) is 4.42. The molecule has 1 heterocycles. The highest BCUT2D eigenvalue weighted by Gasteiger charge is 2.44. The summed E-state index contributed by atoms with van der Waals surface area (Å²) in [4.78, 5) is 27.4. The maximum Gasteiger partial charge on any atom is 0.317 e. The highest BCUT2D eigenvalue weighted by Crippen LogP contribution is 2.42. The van der Waals surface area contributed by atoms with Crippen molar-refractivity contribution in [2.45, 2.75) is 44.1 Å². The van der Waals surface area contributed by atoms with Crippen LogP contribution in [0.5, 0.6) is 0 Å².